The molecule has 4 aromatic rings. The first-order valence-corrected chi connectivity index (χ1v) is 11.1. The SMILES string of the molecule is CC(=O)c1ccc2ncnc(Nc3ccc(OCc4cccc(F)c4)c(CI)c3)c2c1. The first kappa shape index (κ1) is 21.2. The molecule has 0 saturated heterocycles. The van der Waals surface area contributed by atoms with E-state index >= 15 is 0 Å². The summed E-state index contributed by atoms with van der Waals surface area (Å²) in [6.45, 7) is 1.83. The fraction of sp³-hybridized carbons (Fsp3) is 0.125. The van der Waals surface area contributed by atoms with Gasteiger partial charge in [0.25, 0.3) is 0 Å². The van der Waals surface area contributed by atoms with Crippen molar-refractivity contribution < 1.29 is 13.9 Å². The summed E-state index contributed by atoms with van der Waals surface area (Å²) < 4.78 is 20.0. The van der Waals surface area contributed by atoms with E-state index in [0.29, 0.717) is 18.0 Å². The zero-order chi connectivity index (χ0) is 21.8. The molecule has 0 fully saturated rings. The first-order chi connectivity index (χ1) is 15.0. The lowest BCUT2D eigenvalue weighted by atomic mass is 10.1. The number of carbonyl (C=O) groups excluding carboxylic acids is 1. The number of anilines is 2. The van der Waals surface area contributed by atoms with Crippen LogP contribution in [0.15, 0.2) is 67.0 Å². The number of alkyl halides is 1. The van der Waals surface area contributed by atoms with E-state index in [1.807, 2.05) is 30.3 Å². The molecule has 0 bridgehead atoms. The van der Waals surface area contributed by atoms with Crippen molar-refractivity contribution in [1.82, 2.24) is 9.97 Å². The molecule has 0 atom stereocenters. The highest BCUT2D eigenvalue weighted by Crippen LogP contribution is 2.29. The van der Waals surface area contributed by atoms with Gasteiger partial charge in [-0.1, -0.05) is 34.7 Å². The molecule has 7 heteroatoms. The Hall–Kier alpha value is -3.07. The lowest BCUT2D eigenvalue weighted by Crippen LogP contribution is -2.01. The minimum Gasteiger partial charge on any atom is -0.489 e. The lowest BCUT2D eigenvalue weighted by Gasteiger charge is -2.14. The molecule has 1 N–H and O–H groups in total. The molecule has 1 heterocycles. The second-order valence-electron chi connectivity index (χ2n) is 7.01. The largest absolute Gasteiger partial charge is 0.489 e. The maximum atomic E-state index is 13.4. The van der Waals surface area contributed by atoms with Gasteiger partial charge in [-0.2, -0.15) is 0 Å². The van der Waals surface area contributed by atoms with Crippen molar-refractivity contribution in [3.8, 4) is 5.75 Å². The quantitative estimate of drug-likeness (QED) is 0.176. The number of aromatic nitrogens is 2. The van der Waals surface area contributed by atoms with E-state index in [1.165, 1.54) is 25.4 Å². The molecule has 0 unspecified atom stereocenters. The number of ether oxygens (including phenoxy) is 1. The van der Waals surface area contributed by atoms with E-state index in [-0.39, 0.29) is 11.6 Å². The minimum absolute atomic E-state index is 0.0105. The van der Waals surface area contributed by atoms with Gasteiger partial charge in [-0.3, -0.25) is 4.79 Å². The van der Waals surface area contributed by atoms with Gasteiger partial charge in [0, 0.05) is 26.6 Å². The number of ketones is 1. The van der Waals surface area contributed by atoms with Crippen molar-refractivity contribution in [1.29, 1.82) is 0 Å². The maximum Gasteiger partial charge on any atom is 0.159 e. The zero-order valence-corrected chi connectivity index (χ0v) is 18.9. The topological polar surface area (TPSA) is 64.1 Å². The molecule has 0 aliphatic carbocycles. The van der Waals surface area contributed by atoms with Crippen molar-refractivity contribution in [3.05, 3.63) is 89.5 Å². The van der Waals surface area contributed by atoms with Gasteiger partial charge >= 0.3 is 0 Å². The summed E-state index contributed by atoms with van der Waals surface area (Å²) in [6, 6.07) is 17.6. The molecule has 0 saturated carbocycles. The Morgan fingerprint density at radius 1 is 1.10 bits per heavy atom. The van der Waals surface area contributed by atoms with Crippen LogP contribution >= 0.6 is 22.6 Å². The Morgan fingerprint density at radius 2 is 1.97 bits per heavy atom. The van der Waals surface area contributed by atoms with Crippen LogP contribution < -0.4 is 10.1 Å². The Morgan fingerprint density at radius 3 is 2.74 bits per heavy atom. The van der Waals surface area contributed by atoms with Crippen molar-refractivity contribution >= 4 is 50.8 Å². The fourth-order valence-corrected chi connectivity index (χ4v) is 3.80. The Kier molecular flexibility index (Phi) is 6.41. The molecule has 0 aliphatic heterocycles. The van der Waals surface area contributed by atoms with E-state index < -0.39 is 0 Å². The molecule has 3 aromatic carbocycles. The number of hydrogen-bond acceptors (Lipinski definition) is 5. The van der Waals surface area contributed by atoms with Gasteiger partial charge in [-0.15, -0.1) is 0 Å². The van der Waals surface area contributed by atoms with Crippen LogP contribution in [0.3, 0.4) is 0 Å². The number of nitrogens with one attached hydrogen (secondary N) is 1. The molecule has 0 spiro atoms. The van der Waals surface area contributed by atoms with Crippen LogP contribution in [0.5, 0.6) is 5.75 Å². The minimum atomic E-state index is -0.278. The van der Waals surface area contributed by atoms with E-state index in [2.05, 4.69) is 37.9 Å². The smallest absolute Gasteiger partial charge is 0.159 e. The van der Waals surface area contributed by atoms with Crippen LogP contribution in [-0.2, 0) is 11.0 Å². The van der Waals surface area contributed by atoms with Crippen LogP contribution in [0.25, 0.3) is 10.9 Å². The van der Waals surface area contributed by atoms with E-state index in [4.69, 9.17) is 4.74 Å². The standard InChI is InChI=1S/C24H19FIN3O2/c1-15(30)17-5-7-22-21(11-17)24(28-14-27-22)29-20-6-8-23(18(10-20)12-26)31-13-16-3-2-4-19(25)9-16/h2-11,14H,12-13H2,1H3,(H,27,28,29). The molecule has 1 aromatic heterocycles. The fourth-order valence-electron chi connectivity index (χ4n) is 3.20. The van der Waals surface area contributed by atoms with Gasteiger partial charge in [-0.05, 0) is 61.0 Å². The Labute approximate surface area is 192 Å². The van der Waals surface area contributed by atoms with Crippen LogP contribution in [0.1, 0.15) is 28.4 Å². The first-order valence-electron chi connectivity index (χ1n) is 9.62. The zero-order valence-electron chi connectivity index (χ0n) is 16.7. The van der Waals surface area contributed by atoms with Crippen LogP contribution in [0.4, 0.5) is 15.9 Å². The van der Waals surface area contributed by atoms with E-state index in [0.717, 1.165) is 37.9 Å². The van der Waals surface area contributed by atoms with Gasteiger partial charge in [0.15, 0.2) is 5.78 Å². The van der Waals surface area contributed by atoms with Gasteiger partial charge < -0.3 is 10.1 Å². The van der Waals surface area contributed by atoms with Crippen molar-refractivity contribution in [2.45, 2.75) is 18.0 Å². The summed E-state index contributed by atoms with van der Waals surface area (Å²) in [5.74, 6) is 1.08. The number of halogens is 2. The van der Waals surface area contributed by atoms with Gasteiger partial charge in [0.1, 0.15) is 30.3 Å². The average molecular weight is 527 g/mol. The van der Waals surface area contributed by atoms with Crippen LogP contribution in [0.2, 0.25) is 0 Å². The third-order valence-electron chi connectivity index (χ3n) is 4.79. The Balaban J connectivity index is 1.58. The monoisotopic (exact) mass is 527 g/mol. The molecular formula is C24H19FIN3O2. The number of rotatable bonds is 7. The highest BCUT2D eigenvalue weighted by Gasteiger charge is 2.10. The van der Waals surface area contributed by atoms with Gasteiger partial charge in [0.2, 0.25) is 0 Å². The third-order valence-corrected chi connectivity index (χ3v) is 5.61. The van der Waals surface area contributed by atoms with Crippen molar-refractivity contribution in [2.75, 3.05) is 5.32 Å². The maximum absolute atomic E-state index is 13.4. The van der Waals surface area contributed by atoms with Crippen LogP contribution in [0, 0.1) is 5.82 Å². The average Bonchev–Trinajstić information content (AvgIpc) is 2.78. The molecule has 31 heavy (non-hydrogen) atoms. The highest BCUT2D eigenvalue weighted by molar-refractivity contribution is 14.1. The molecule has 156 valence electrons. The summed E-state index contributed by atoms with van der Waals surface area (Å²) in [5.41, 5.74) is 3.99. The predicted octanol–water partition coefficient (Wildman–Crippen LogP) is 6.23. The van der Waals surface area contributed by atoms with Gasteiger partial charge in [0.05, 0.1) is 5.52 Å². The second kappa shape index (κ2) is 9.38. The number of hydrogen-bond donors (Lipinski definition) is 1. The molecule has 0 aliphatic rings. The number of benzene rings is 3. The lowest BCUT2D eigenvalue weighted by molar-refractivity contribution is 0.101. The molecule has 5 nitrogen and oxygen atoms in total. The molecule has 4 rings (SSSR count). The summed E-state index contributed by atoms with van der Waals surface area (Å²) in [5, 5.41) is 4.10. The number of carbonyl (C=O) groups is 1. The number of Topliss-reactive ketones (excluding diaryl/α,β-unsaturated/α-hetero) is 1. The highest BCUT2D eigenvalue weighted by atomic mass is 127. The normalized spacial score (nSPS) is 10.8. The summed E-state index contributed by atoms with van der Waals surface area (Å²) in [4.78, 5) is 20.4. The van der Waals surface area contributed by atoms with E-state index in [9.17, 15) is 9.18 Å². The summed E-state index contributed by atoms with van der Waals surface area (Å²) in [6.07, 6.45) is 1.49. The number of fused-ring (bicyclic) bond motifs is 1. The summed E-state index contributed by atoms with van der Waals surface area (Å²) in [7, 11) is 0. The second-order valence-corrected chi connectivity index (χ2v) is 7.77. The summed E-state index contributed by atoms with van der Waals surface area (Å²) >= 11 is 2.28. The molecule has 0 amide bonds. The Bertz CT molecular complexity index is 1260. The van der Waals surface area contributed by atoms with Gasteiger partial charge in [-0.25, -0.2) is 14.4 Å². The predicted molar refractivity (Wildman–Crippen MR) is 128 cm³/mol. The third kappa shape index (κ3) is 4.99. The molecular weight excluding hydrogens is 508 g/mol. The molecule has 0 radical (unpaired) electrons. The van der Waals surface area contributed by atoms with Crippen LogP contribution in [-0.4, -0.2) is 15.8 Å². The van der Waals surface area contributed by atoms with E-state index in [1.54, 1.807) is 18.2 Å². The van der Waals surface area contributed by atoms with Crippen molar-refractivity contribution in [3.63, 3.8) is 0 Å². The number of nitrogens with zero attached hydrogens (tertiary/aromatic N) is 2. The van der Waals surface area contributed by atoms with Crippen molar-refractivity contribution in [2.24, 2.45) is 0 Å².